The minimum atomic E-state index is -1.74. The van der Waals surface area contributed by atoms with E-state index in [-0.39, 0.29) is 23.5 Å². The predicted octanol–water partition coefficient (Wildman–Crippen LogP) is -0.905. The lowest BCUT2D eigenvalue weighted by atomic mass is 9.75. The summed E-state index contributed by atoms with van der Waals surface area (Å²) in [6.45, 7) is 5.17. The second-order valence-electron chi connectivity index (χ2n) is 5.49. The fourth-order valence-electron chi connectivity index (χ4n) is 1.72. The third-order valence-electron chi connectivity index (χ3n) is 2.53. The zero-order valence-electron chi connectivity index (χ0n) is 12.3. The Labute approximate surface area is 123 Å². The second kappa shape index (κ2) is 6.60. The van der Waals surface area contributed by atoms with Gasteiger partial charge >= 0.3 is 13.1 Å². The van der Waals surface area contributed by atoms with Gasteiger partial charge in [0, 0.05) is 0 Å². The van der Waals surface area contributed by atoms with E-state index in [0.717, 1.165) is 0 Å². The van der Waals surface area contributed by atoms with Gasteiger partial charge < -0.3 is 26.3 Å². The number of nitrogens with two attached hydrogens (primary N) is 2. The molecule has 0 saturated heterocycles. The molecule has 0 aliphatic carbocycles. The third kappa shape index (κ3) is 5.09. The van der Waals surface area contributed by atoms with Crippen molar-refractivity contribution in [3.8, 4) is 0 Å². The van der Waals surface area contributed by atoms with Gasteiger partial charge in [0.05, 0.1) is 12.1 Å². The first kappa shape index (κ1) is 17.0. The predicted molar refractivity (Wildman–Crippen MR) is 80.9 cm³/mol. The normalized spacial score (nSPS) is 10.9. The van der Waals surface area contributed by atoms with Gasteiger partial charge in [-0.05, 0) is 37.9 Å². The van der Waals surface area contributed by atoms with Gasteiger partial charge in [-0.1, -0.05) is 12.1 Å². The van der Waals surface area contributed by atoms with E-state index in [1.165, 1.54) is 18.2 Å². The van der Waals surface area contributed by atoms with Gasteiger partial charge in [0.1, 0.15) is 5.60 Å². The van der Waals surface area contributed by atoms with Crippen molar-refractivity contribution in [2.45, 2.75) is 32.9 Å². The van der Waals surface area contributed by atoms with E-state index < -0.39 is 18.7 Å². The fraction of sp³-hybridized carbons (Fsp3) is 0.385. The lowest BCUT2D eigenvalue weighted by Crippen LogP contribution is -2.35. The number of rotatable bonds is 4. The number of nitrogens with zero attached hydrogens (tertiary/aromatic N) is 1. The van der Waals surface area contributed by atoms with Crippen molar-refractivity contribution < 1.29 is 19.6 Å². The second-order valence-corrected chi connectivity index (χ2v) is 5.49. The van der Waals surface area contributed by atoms with Crippen LogP contribution in [0.4, 0.5) is 0 Å². The largest absolute Gasteiger partial charge is 0.488 e. The number of aliphatic imine (C=N–C) groups is 1. The number of esters is 1. The SMILES string of the molecule is CC(C)(C)OC(=O)c1cccc(B(O)O)c1CN=C(N)N. The Morgan fingerprint density at radius 2 is 1.95 bits per heavy atom. The van der Waals surface area contributed by atoms with Crippen LogP contribution in [0.2, 0.25) is 0 Å². The molecule has 1 aromatic carbocycles. The molecule has 21 heavy (non-hydrogen) atoms. The van der Waals surface area contributed by atoms with Crippen LogP contribution in [0.15, 0.2) is 23.2 Å². The van der Waals surface area contributed by atoms with E-state index in [2.05, 4.69) is 4.99 Å². The Bertz CT molecular complexity index is 549. The van der Waals surface area contributed by atoms with Crippen molar-refractivity contribution in [2.75, 3.05) is 0 Å². The summed E-state index contributed by atoms with van der Waals surface area (Å²) in [4.78, 5) is 16.0. The molecule has 0 atom stereocenters. The summed E-state index contributed by atoms with van der Waals surface area (Å²) in [5.74, 6) is -0.738. The van der Waals surface area contributed by atoms with Crippen molar-refractivity contribution in [2.24, 2.45) is 16.5 Å². The minimum absolute atomic E-state index is 0.0509. The molecule has 6 N–H and O–H groups in total. The molecule has 1 rings (SSSR count). The lowest BCUT2D eigenvalue weighted by Gasteiger charge is -2.21. The number of ether oxygens (including phenoxy) is 1. The quantitative estimate of drug-likeness (QED) is 0.246. The zero-order valence-corrected chi connectivity index (χ0v) is 12.3. The average Bonchev–Trinajstić information content (AvgIpc) is 2.33. The topological polar surface area (TPSA) is 131 Å². The summed E-state index contributed by atoms with van der Waals surface area (Å²) in [6, 6.07) is 4.54. The Morgan fingerprint density at radius 3 is 2.43 bits per heavy atom. The highest BCUT2D eigenvalue weighted by Gasteiger charge is 2.24. The van der Waals surface area contributed by atoms with E-state index in [9.17, 15) is 14.8 Å². The van der Waals surface area contributed by atoms with Crippen LogP contribution in [0.25, 0.3) is 0 Å². The first-order chi connectivity index (χ1) is 9.61. The highest BCUT2D eigenvalue weighted by atomic mass is 16.6. The molecular weight excluding hydrogens is 273 g/mol. The molecule has 0 aromatic heterocycles. The first-order valence-corrected chi connectivity index (χ1v) is 6.38. The zero-order chi connectivity index (χ0) is 16.2. The summed E-state index contributed by atoms with van der Waals surface area (Å²) in [5, 5.41) is 18.8. The third-order valence-corrected chi connectivity index (χ3v) is 2.53. The molecule has 0 bridgehead atoms. The molecule has 114 valence electrons. The van der Waals surface area contributed by atoms with Crippen molar-refractivity contribution in [1.82, 2.24) is 0 Å². The summed E-state index contributed by atoms with van der Waals surface area (Å²) >= 11 is 0. The van der Waals surface area contributed by atoms with E-state index in [1.807, 2.05) is 0 Å². The molecule has 0 radical (unpaired) electrons. The molecule has 0 amide bonds. The Kier molecular flexibility index (Phi) is 5.34. The van der Waals surface area contributed by atoms with Crippen molar-refractivity contribution in [3.05, 3.63) is 29.3 Å². The van der Waals surface area contributed by atoms with Crippen LogP contribution in [0.5, 0.6) is 0 Å². The number of carbonyl (C=O) groups excluding carboxylic acids is 1. The number of guanidine groups is 1. The molecule has 1 aromatic rings. The van der Waals surface area contributed by atoms with E-state index in [4.69, 9.17) is 16.2 Å². The summed E-state index contributed by atoms with van der Waals surface area (Å²) in [7, 11) is -1.74. The molecule has 0 spiro atoms. The van der Waals surface area contributed by atoms with Gasteiger partial charge in [0.15, 0.2) is 5.96 Å². The molecule has 0 fully saturated rings. The van der Waals surface area contributed by atoms with E-state index >= 15 is 0 Å². The Morgan fingerprint density at radius 1 is 1.33 bits per heavy atom. The molecular formula is C13H20BN3O4. The monoisotopic (exact) mass is 293 g/mol. The first-order valence-electron chi connectivity index (χ1n) is 6.38. The average molecular weight is 293 g/mol. The van der Waals surface area contributed by atoms with Crippen LogP contribution in [0, 0.1) is 0 Å². The van der Waals surface area contributed by atoms with Gasteiger partial charge in [-0.3, -0.25) is 0 Å². The summed E-state index contributed by atoms with van der Waals surface area (Å²) < 4.78 is 5.29. The number of hydrogen-bond donors (Lipinski definition) is 4. The van der Waals surface area contributed by atoms with Crippen LogP contribution >= 0.6 is 0 Å². The molecule has 0 aliphatic heterocycles. The molecule has 8 heteroatoms. The standard InChI is InChI=1S/C13H20BN3O4/c1-13(2,3)21-11(18)8-5-4-6-10(14(19)20)9(8)7-17-12(15)16/h4-6,19-20H,7H2,1-3H3,(H4,15,16,17). The van der Waals surface area contributed by atoms with Crippen molar-refractivity contribution in [3.63, 3.8) is 0 Å². The minimum Gasteiger partial charge on any atom is -0.456 e. The lowest BCUT2D eigenvalue weighted by molar-refractivity contribution is 0.00685. The van der Waals surface area contributed by atoms with Gasteiger partial charge in [-0.2, -0.15) is 0 Å². The molecule has 0 aliphatic rings. The highest BCUT2D eigenvalue weighted by molar-refractivity contribution is 6.59. The van der Waals surface area contributed by atoms with Gasteiger partial charge in [-0.15, -0.1) is 0 Å². The van der Waals surface area contributed by atoms with Crippen LogP contribution in [-0.4, -0.2) is 34.7 Å². The molecule has 0 unspecified atom stereocenters. The highest BCUT2D eigenvalue weighted by Crippen LogP contribution is 2.15. The smallest absolute Gasteiger partial charge is 0.456 e. The fourth-order valence-corrected chi connectivity index (χ4v) is 1.72. The maximum atomic E-state index is 12.2. The number of benzene rings is 1. The van der Waals surface area contributed by atoms with Crippen LogP contribution in [0.1, 0.15) is 36.7 Å². The van der Waals surface area contributed by atoms with Crippen LogP contribution in [-0.2, 0) is 11.3 Å². The van der Waals surface area contributed by atoms with Crippen LogP contribution < -0.4 is 16.9 Å². The van der Waals surface area contributed by atoms with Gasteiger partial charge in [0.2, 0.25) is 0 Å². The molecule has 7 nitrogen and oxygen atoms in total. The van der Waals surface area contributed by atoms with Gasteiger partial charge in [-0.25, -0.2) is 9.79 Å². The number of carbonyl (C=O) groups is 1. The van der Waals surface area contributed by atoms with Crippen molar-refractivity contribution in [1.29, 1.82) is 0 Å². The number of hydrogen-bond acceptors (Lipinski definition) is 5. The summed E-state index contributed by atoms with van der Waals surface area (Å²) in [5.41, 5.74) is 10.6. The van der Waals surface area contributed by atoms with E-state index in [0.29, 0.717) is 5.56 Å². The Balaban J connectivity index is 3.27. The van der Waals surface area contributed by atoms with E-state index in [1.54, 1.807) is 20.8 Å². The van der Waals surface area contributed by atoms with Crippen LogP contribution in [0.3, 0.4) is 0 Å². The Hall–Kier alpha value is -2.06. The molecule has 0 heterocycles. The van der Waals surface area contributed by atoms with Gasteiger partial charge in [0.25, 0.3) is 0 Å². The maximum Gasteiger partial charge on any atom is 0.488 e. The summed E-state index contributed by atoms with van der Waals surface area (Å²) in [6.07, 6.45) is 0. The molecule has 0 saturated carbocycles. The van der Waals surface area contributed by atoms with Crippen molar-refractivity contribution >= 4 is 24.5 Å². The maximum absolute atomic E-state index is 12.2.